The largest absolute Gasteiger partial charge is 0.453 e. The molecule has 0 amide bonds. The molecule has 2 aromatic carbocycles. The second kappa shape index (κ2) is 9.91. The number of unbranched alkanes of at least 4 members (excludes halogenated alkanes) is 6. The predicted molar refractivity (Wildman–Crippen MR) is 119 cm³/mol. The van der Waals surface area contributed by atoms with Crippen LogP contribution in [0.1, 0.15) is 101 Å². The van der Waals surface area contributed by atoms with Crippen LogP contribution in [0.2, 0.25) is 0 Å². The van der Waals surface area contributed by atoms with Gasteiger partial charge in [-0.15, -0.1) is 0 Å². The molecular weight excluding hydrogens is 344 g/mol. The normalized spacial score (nSPS) is 15.4. The first-order valence-corrected chi connectivity index (χ1v) is 11.0. The van der Waals surface area contributed by atoms with Crippen molar-refractivity contribution in [3.8, 4) is 0 Å². The molecule has 0 heterocycles. The summed E-state index contributed by atoms with van der Waals surface area (Å²) in [5.41, 5.74) is 3.75. The van der Waals surface area contributed by atoms with E-state index >= 15 is 0 Å². The molecule has 1 aliphatic carbocycles. The molecule has 0 saturated carbocycles. The maximum Gasteiger partial charge on any atom is 0.306 e. The number of benzene rings is 2. The third kappa shape index (κ3) is 4.84. The number of ether oxygens (including phenoxy) is 1. The Morgan fingerprint density at radius 1 is 1.00 bits per heavy atom. The van der Waals surface area contributed by atoms with Gasteiger partial charge in [0.05, 0.1) is 0 Å². The van der Waals surface area contributed by atoms with Gasteiger partial charge >= 0.3 is 5.97 Å². The molecule has 1 atom stereocenters. The standard InChI is InChI=1S/C26H34O2/c1-4-5-6-7-8-9-10-14-25(27)28-24-18-17-22-21(19(2)3)16-15-20-12-11-13-23(24)26(20)22/h11-13,15-19,24H,4-10,14H2,1-3H3. The van der Waals surface area contributed by atoms with E-state index in [1.54, 1.807) is 0 Å². The van der Waals surface area contributed by atoms with Crippen LogP contribution in [0.3, 0.4) is 0 Å². The van der Waals surface area contributed by atoms with Crippen molar-refractivity contribution in [2.24, 2.45) is 0 Å². The second-order valence-corrected chi connectivity index (χ2v) is 8.31. The molecule has 2 nitrogen and oxygen atoms in total. The van der Waals surface area contributed by atoms with E-state index in [0.29, 0.717) is 12.3 Å². The van der Waals surface area contributed by atoms with Gasteiger partial charge in [-0.3, -0.25) is 4.79 Å². The van der Waals surface area contributed by atoms with Crippen molar-refractivity contribution >= 4 is 22.8 Å². The molecule has 0 N–H and O–H groups in total. The van der Waals surface area contributed by atoms with Crippen LogP contribution in [0, 0.1) is 0 Å². The van der Waals surface area contributed by atoms with Gasteiger partial charge < -0.3 is 4.74 Å². The maximum absolute atomic E-state index is 12.4. The SMILES string of the molecule is CCCCCCCCCC(=O)OC1C=Cc2c(C(C)C)ccc3cccc1c23. The second-order valence-electron chi connectivity index (χ2n) is 8.31. The number of rotatable bonds is 10. The lowest BCUT2D eigenvalue weighted by Crippen LogP contribution is -2.12. The molecule has 0 aliphatic heterocycles. The highest BCUT2D eigenvalue weighted by atomic mass is 16.5. The summed E-state index contributed by atoms with van der Waals surface area (Å²) in [7, 11) is 0. The van der Waals surface area contributed by atoms with Crippen LogP contribution in [-0.2, 0) is 9.53 Å². The third-order valence-corrected chi connectivity index (χ3v) is 5.76. The van der Waals surface area contributed by atoms with Crippen LogP contribution < -0.4 is 0 Å². The Hall–Kier alpha value is -2.09. The number of hydrogen-bond acceptors (Lipinski definition) is 2. The summed E-state index contributed by atoms with van der Waals surface area (Å²) in [5, 5.41) is 2.46. The van der Waals surface area contributed by atoms with Gasteiger partial charge in [0.2, 0.25) is 0 Å². The lowest BCUT2D eigenvalue weighted by Gasteiger charge is -2.24. The summed E-state index contributed by atoms with van der Waals surface area (Å²) in [6.45, 7) is 6.68. The number of carbonyl (C=O) groups is 1. The van der Waals surface area contributed by atoms with E-state index in [2.05, 4.69) is 57.2 Å². The molecule has 0 aromatic heterocycles. The number of carbonyl (C=O) groups excluding carboxylic acids is 1. The molecular formula is C26H34O2. The van der Waals surface area contributed by atoms with Crippen molar-refractivity contribution in [3.63, 3.8) is 0 Å². The van der Waals surface area contributed by atoms with Crippen molar-refractivity contribution in [3.05, 3.63) is 53.1 Å². The topological polar surface area (TPSA) is 26.3 Å². The zero-order valence-electron chi connectivity index (χ0n) is 17.7. The number of esters is 1. The average molecular weight is 379 g/mol. The van der Waals surface area contributed by atoms with Crippen molar-refractivity contribution in [2.75, 3.05) is 0 Å². The van der Waals surface area contributed by atoms with E-state index in [1.807, 2.05) is 6.08 Å². The maximum atomic E-state index is 12.4. The fraction of sp³-hybridized carbons (Fsp3) is 0.500. The van der Waals surface area contributed by atoms with Crippen molar-refractivity contribution in [2.45, 2.75) is 84.2 Å². The van der Waals surface area contributed by atoms with Crippen molar-refractivity contribution < 1.29 is 9.53 Å². The average Bonchev–Trinajstić information content (AvgIpc) is 2.69. The van der Waals surface area contributed by atoms with Gasteiger partial charge in [0, 0.05) is 12.0 Å². The summed E-state index contributed by atoms with van der Waals surface area (Å²) in [6.07, 6.45) is 12.9. The summed E-state index contributed by atoms with van der Waals surface area (Å²) >= 11 is 0. The molecule has 0 saturated heterocycles. The van der Waals surface area contributed by atoms with Gasteiger partial charge in [-0.05, 0) is 40.3 Å². The first kappa shape index (κ1) is 20.6. The molecule has 1 aliphatic rings. The van der Waals surface area contributed by atoms with Crippen LogP contribution in [0.4, 0.5) is 0 Å². The summed E-state index contributed by atoms with van der Waals surface area (Å²) in [4.78, 5) is 12.4. The van der Waals surface area contributed by atoms with E-state index in [9.17, 15) is 4.79 Å². The first-order valence-electron chi connectivity index (χ1n) is 11.0. The molecule has 2 aromatic rings. The van der Waals surface area contributed by atoms with Gasteiger partial charge in [-0.2, -0.15) is 0 Å². The van der Waals surface area contributed by atoms with Gasteiger partial charge in [-0.25, -0.2) is 0 Å². The van der Waals surface area contributed by atoms with Crippen molar-refractivity contribution in [1.29, 1.82) is 0 Å². The Bertz CT molecular complexity index is 832. The summed E-state index contributed by atoms with van der Waals surface area (Å²) in [6, 6.07) is 10.7. The molecule has 2 heteroatoms. The minimum atomic E-state index is -0.268. The smallest absolute Gasteiger partial charge is 0.306 e. The Balaban J connectivity index is 1.62. The van der Waals surface area contributed by atoms with Crippen LogP contribution >= 0.6 is 0 Å². The minimum Gasteiger partial charge on any atom is -0.453 e. The summed E-state index contributed by atoms with van der Waals surface area (Å²) in [5.74, 6) is 0.386. The van der Waals surface area contributed by atoms with E-state index < -0.39 is 0 Å². The molecule has 0 fully saturated rings. The van der Waals surface area contributed by atoms with Crippen LogP contribution in [0.5, 0.6) is 0 Å². The quantitative estimate of drug-likeness (QED) is 0.312. The number of hydrogen-bond donors (Lipinski definition) is 0. The first-order chi connectivity index (χ1) is 13.6. The van der Waals surface area contributed by atoms with E-state index in [4.69, 9.17) is 4.74 Å². The van der Waals surface area contributed by atoms with Gasteiger partial charge in [-0.1, -0.05) is 95.7 Å². The Morgan fingerprint density at radius 3 is 2.50 bits per heavy atom. The summed E-state index contributed by atoms with van der Waals surface area (Å²) < 4.78 is 5.86. The molecule has 1 unspecified atom stereocenters. The molecule has 3 rings (SSSR count). The fourth-order valence-corrected chi connectivity index (χ4v) is 4.19. The Kier molecular flexibility index (Phi) is 7.30. The van der Waals surface area contributed by atoms with Crippen LogP contribution in [0.25, 0.3) is 16.8 Å². The van der Waals surface area contributed by atoms with Crippen molar-refractivity contribution in [1.82, 2.24) is 0 Å². The Labute approximate surface area is 170 Å². The minimum absolute atomic E-state index is 0.0799. The molecule has 28 heavy (non-hydrogen) atoms. The molecule has 0 bridgehead atoms. The highest BCUT2D eigenvalue weighted by Gasteiger charge is 2.22. The lowest BCUT2D eigenvalue weighted by atomic mass is 9.85. The highest BCUT2D eigenvalue weighted by Crippen LogP contribution is 2.39. The lowest BCUT2D eigenvalue weighted by molar-refractivity contribution is -0.147. The van der Waals surface area contributed by atoms with E-state index in [1.165, 1.54) is 54.0 Å². The monoisotopic (exact) mass is 378 g/mol. The Morgan fingerprint density at radius 2 is 1.75 bits per heavy atom. The van der Waals surface area contributed by atoms with Gasteiger partial charge in [0.15, 0.2) is 0 Å². The van der Waals surface area contributed by atoms with Crippen LogP contribution in [-0.4, -0.2) is 5.97 Å². The van der Waals surface area contributed by atoms with E-state index in [-0.39, 0.29) is 12.1 Å². The van der Waals surface area contributed by atoms with Crippen LogP contribution in [0.15, 0.2) is 36.4 Å². The fourth-order valence-electron chi connectivity index (χ4n) is 4.19. The van der Waals surface area contributed by atoms with E-state index in [0.717, 1.165) is 18.4 Å². The third-order valence-electron chi connectivity index (χ3n) is 5.76. The molecule has 150 valence electrons. The predicted octanol–water partition coefficient (Wildman–Crippen LogP) is 7.72. The van der Waals surface area contributed by atoms with Gasteiger partial charge in [0.25, 0.3) is 0 Å². The molecule has 0 radical (unpaired) electrons. The zero-order valence-corrected chi connectivity index (χ0v) is 17.7. The van der Waals surface area contributed by atoms with Gasteiger partial charge in [0.1, 0.15) is 6.10 Å². The molecule has 0 spiro atoms. The zero-order chi connectivity index (χ0) is 19.9. The highest BCUT2D eigenvalue weighted by molar-refractivity contribution is 5.97.